The highest BCUT2D eigenvalue weighted by atomic mass is 35.5. The van der Waals surface area contributed by atoms with Crippen molar-refractivity contribution in [2.24, 2.45) is 0 Å². The standard InChI is InChI=1S/C29H22ClN3O3/c30-22-16-19(15-18-9-6-14-31-26(18)22)24-25(29(35)36-20-10-4-5-11-20)21-12-13-23(34)32-28(21)33-27(24)17-7-2-1-3-8-17/h1-3,6-9,12-16,20H,4-5,10-11H2,(H,32,33,34). The fourth-order valence-corrected chi connectivity index (χ4v) is 5.26. The van der Waals surface area contributed by atoms with Gasteiger partial charge in [0.2, 0.25) is 5.56 Å². The van der Waals surface area contributed by atoms with Crippen LogP contribution in [0.3, 0.4) is 0 Å². The summed E-state index contributed by atoms with van der Waals surface area (Å²) in [5.74, 6) is -0.434. The lowest BCUT2D eigenvalue weighted by molar-refractivity contribution is 0.0321. The first-order valence-corrected chi connectivity index (χ1v) is 12.3. The van der Waals surface area contributed by atoms with Gasteiger partial charge < -0.3 is 9.72 Å². The van der Waals surface area contributed by atoms with Crippen molar-refractivity contribution in [1.29, 1.82) is 0 Å². The summed E-state index contributed by atoms with van der Waals surface area (Å²) in [5.41, 5.74) is 3.76. The molecular formula is C29H22ClN3O3. The van der Waals surface area contributed by atoms with Gasteiger partial charge in [-0.25, -0.2) is 9.78 Å². The van der Waals surface area contributed by atoms with Crippen molar-refractivity contribution in [1.82, 2.24) is 15.0 Å². The highest BCUT2D eigenvalue weighted by Gasteiger charge is 2.28. The van der Waals surface area contributed by atoms with E-state index in [0.29, 0.717) is 38.4 Å². The van der Waals surface area contributed by atoms with E-state index in [1.165, 1.54) is 6.07 Å². The first kappa shape index (κ1) is 22.4. The molecule has 36 heavy (non-hydrogen) atoms. The number of H-pyrrole nitrogens is 1. The van der Waals surface area contributed by atoms with E-state index in [2.05, 4.69) is 9.97 Å². The highest BCUT2D eigenvalue weighted by Crippen LogP contribution is 2.40. The SMILES string of the molecule is O=C(OC1CCCC1)c1c(-c2cc(Cl)c3ncccc3c2)c(-c2ccccc2)nc2[nH]c(=O)ccc12. The Labute approximate surface area is 211 Å². The number of carbonyl (C=O) groups excluding carboxylic acids is 1. The predicted molar refractivity (Wildman–Crippen MR) is 141 cm³/mol. The Morgan fingerprint density at radius 3 is 2.58 bits per heavy atom. The number of carbonyl (C=O) groups is 1. The van der Waals surface area contributed by atoms with Crippen LogP contribution < -0.4 is 5.56 Å². The summed E-state index contributed by atoms with van der Waals surface area (Å²) in [6, 6.07) is 20.2. The zero-order valence-electron chi connectivity index (χ0n) is 19.3. The van der Waals surface area contributed by atoms with E-state index in [9.17, 15) is 9.59 Å². The second-order valence-electron chi connectivity index (χ2n) is 9.01. The fraction of sp³-hybridized carbons (Fsp3) is 0.172. The van der Waals surface area contributed by atoms with E-state index < -0.39 is 5.97 Å². The molecule has 1 saturated carbocycles. The number of aromatic nitrogens is 3. The van der Waals surface area contributed by atoms with E-state index in [-0.39, 0.29) is 11.7 Å². The third kappa shape index (κ3) is 4.03. The molecule has 3 aromatic heterocycles. The second-order valence-corrected chi connectivity index (χ2v) is 9.41. The first-order chi connectivity index (χ1) is 17.6. The largest absolute Gasteiger partial charge is 0.459 e. The summed E-state index contributed by atoms with van der Waals surface area (Å²) in [6.07, 6.45) is 5.35. The zero-order chi connectivity index (χ0) is 24.6. The minimum Gasteiger partial charge on any atom is -0.459 e. The van der Waals surface area contributed by atoms with Crippen molar-refractivity contribution >= 4 is 39.5 Å². The number of ether oxygens (including phenoxy) is 1. The lowest BCUT2D eigenvalue weighted by Gasteiger charge is -2.19. The summed E-state index contributed by atoms with van der Waals surface area (Å²) in [4.78, 5) is 38.1. The number of benzene rings is 2. The summed E-state index contributed by atoms with van der Waals surface area (Å²) < 4.78 is 6.00. The van der Waals surface area contributed by atoms with E-state index in [4.69, 9.17) is 21.3 Å². The highest BCUT2D eigenvalue weighted by molar-refractivity contribution is 6.35. The monoisotopic (exact) mass is 495 g/mol. The van der Waals surface area contributed by atoms with Gasteiger partial charge in [0.1, 0.15) is 11.8 Å². The topological polar surface area (TPSA) is 84.9 Å². The zero-order valence-corrected chi connectivity index (χ0v) is 20.1. The molecule has 0 spiro atoms. The molecule has 5 aromatic rings. The molecule has 0 radical (unpaired) electrons. The van der Waals surface area contributed by atoms with Crippen molar-refractivity contribution < 1.29 is 9.53 Å². The van der Waals surface area contributed by atoms with E-state index in [1.807, 2.05) is 54.6 Å². The summed E-state index contributed by atoms with van der Waals surface area (Å²) in [5, 5.41) is 1.84. The lowest BCUT2D eigenvalue weighted by Crippen LogP contribution is -2.17. The Hall–Kier alpha value is -4.03. The molecule has 1 fully saturated rings. The average molecular weight is 496 g/mol. The first-order valence-electron chi connectivity index (χ1n) is 12.0. The van der Waals surface area contributed by atoms with Gasteiger partial charge in [-0.05, 0) is 55.5 Å². The Morgan fingerprint density at radius 1 is 0.972 bits per heavy atom. The van der Waals surface area contributed by atoms with Gasteiger partial charge in [-0.3, -0.25) is 9.78 Å². The average Bonchev–Trinajstić information content (AvgIpc) is 3.41. The molecule has 0 bridgehead atoms. The maximum absolute atomic E-state index is 13.8. The molecule has 0 aliphatic heterocycles. The number of aromatic amines is 1. The van der Waals surface area contributed by atoms with Crippen LogP contribution in [-0.4, -0.2) is 27.0 Å². The number of rotatable bonds is 4. The molecule has 3 heterocycles. The molecule has 1 aliphatic rings. The molecule has 2 aromatic carbocycles. The second kappa shape index (κ2) is 9.21. The van der Waals surface area contributed by atoms with Crippen LogP contribution in [0.2, 0.25) is 5.02 Å². The number of nitrogens with zero attached hydrogens (tertiary/aromatic N) is 2. The minimum atomic E-state index is -0.434. The molecular weight excluding hydrogens is 474 g/mol. The number of hydrogen-bond acceptors (Lipinski definition) is 5. The molecule has 0 atom stereocenters. The van der Waals surface area contributed by atoms with Gasteiger partial charge in [-0.2, -0.15) is 0 Å². The molecule has 1 N–H and O–H groups in total. The van der Waals surface area contributed by atoms with Crippen LogP contribution in [0.1, 0.15) is 36.0 Å². The third-order valence-electron chi connectivity index (χ3n) is 6.65. The Bertz CT molecular complexity index is 1680. The molecule has 7 heteroatoms. The summed E-state index contributed by atoms with van der Waals surface area (Å²) in [6.45, 7) is 0. The third-order valence-corrected chi connectivity index (χ3v) is 6.94. The number of pyridine rings is 3. The van der Waals surface area contributed by atoms with Crippen molar-refractivity contribution in [2.45, 2.75) is 31.8 Å². The molecule has 0 amide bonds. The summed E-state index contributed by atoms with van der Waals surface area (Å²) in [7, 11) is 0. The van der Waals surface area contributed by atoms with Crippen LogP contribution in [-0.2, 0) is 4.74 Å². The normalized spacial score (nSPS) is 13.9. The van der Waals surface area contributed by atoms with Gasteiger partial charge in [-0.15, -0.1) is 0 Å². The van der Waals surface area contributed by atoms with E-state index in [1.54, 1.807) is 12.3 Å². The smallest absolute Gasteiger partial charge is 0.339 e. The van der Waals surface area contributed by atoms with Crippen molar-refractivity contribution in [2.75, 3.05) is 0 Å². The van der Waals surface area contributed by atoms with Crippen LogP contribution in [0.5, 0.6) is 0 Å². The number of fused-ring (bicyclic) bond motifs is 2. The minimum absolute atomic E-state index is 0.124. The number of halogens is 1. The molecule has 1 aliphatic carbocycles. The quantitative estimate of drug-likeness (QED) is 0.285. The van der Waals surface area contributed by atoms with Gasteiger partial charge in [-0.1, -0.05) is 48.0 Å². The predicted octanol–water partition coefficient (Wildman–Crippen LogP) is 6.56. The van der Waals surface area contributed by atoms with E-state index in [0.717, 1.165) is 42.2 Å². The van der Waals surface area contributed by atoms with Crippen LogP contribution >= 0.6 is 11.6 Å². The van der Waals surface area contributed by atoms with E-state index >= 15 is 0 Å². The molecule has 6 rings (SSSR count). The van der Waals surface area contributed by atoms with Crippen LogP contribution in [0, 0.1) is 0 Å². The number of nitrogens with one attached hydrogen (secondary N) is 1. The van der Waals surface area contributed by atoms with Crippen LogP contribution in [0.4, 0.5) is 0 Å². The number of esters is 1. The number of hydrogen-bond donors (Lipinski definition) is 1. The summed E-state index contributed by atoms with van der Waals surface area (Å²) >= 11 is 6.67. The van der Waals surface area contributed by atoms with Crippen molar-refractivity contribution in [3.63, 3.8) is 0 Å². The Balaban J connectivity index is 1.70. The van der Waals surface area contributed by atoms with Gasteiger partial charge in [0, 0.05) is 34.2 Å². The van der Waals surface area contributed by atoms with Gasteiger partial charge in [0.05, 0.1) is 21.8 Å². The lowest BCUT2D eigenvalue weighted by atomic mass is 9.91. The molecule has 0 saturated heterocycles. The van der Waals surface area contributed by atoms with Gasteiger partial charge in [0.25, 0.3) is 0 Å². The molecule has 6 nitrogen and oxygen atoms in total. The maximum atomic E-state index is 13.8. The van der Waals surface area contributed by atoms with Gasteiger partial charge in [0.15, 0.2) is 0 Å². The molecule has 0 unspecified atom stereocenters. The van der Waals surface area contributed by atoms with Crippen molar-refractivity contribution in [3.05, 3.63) is 93.9 Å². The van der Waals surface area contributed by atoms with Crippen LogP contribution in [0.25, 0.3) is 44.3 Å². The Morgan fingerprint density at radius 2 is 1.78 bits per heavy atom. The van der Waals surface area contributed by atoms with Crippen molar-refractivity contribution in [3.8, 4) is 22.4 Å². The van der Waals surface area contributed by atoms with Crippen LogP contribution in [0.15, 0.2) is 77.7 Å². The fourth-order valence-electron chi connectivity index (χ4n) is 4.98. The molecule has 178 valence electrons. The maximum Gasteiger partial charge on any atom is 0.339 e. The Kier molecular flexibility index (Phi) is 5.74. The van der Waals surface area contributed by atoms with Gasteiger partial charge >= 0.3 is 5.97 Å².